The molecule has 0 spiro atoms. The number of thioether (sulfide) groups is 1. The van der Waals surface area contributed by atoms with E-state index in [1.165, 1.54) is 0 Å². The molecule has 0 amide bonds. The van der Waals surface area contributed by atoms with Crippen molar-refractivity contribution in [2.24, 2.45) is 5.92 Å². The minimum atomic E-state index is -1.50. The minimum Gasteiger partial charge on any atom is -0.466 e. The highest BCUT2D eigenvalue weighted by atomic mass is 35.5. The maximum atomic E-state index is 8.36. The smallest absolute Gasteiger partial charge is 0.291 e. The van der Waals surface area contributed by atoms with Crippen LogP contribution in [0.1, 0.15) is 6.42 Å². The first-order valence-electron chi connectivity index (χ1n) is 8.78. The maximum absolute atomic E-state index is 8.36. The van der Waals surface area contributed by atoms with Crippen molar-refractivity contribution in [3.05, 3.63) is 76.4 Å². The van der Waals surface area contributed by atoms with E-state index in [9.17, 15) is 0 Å². The number of allylic oxidation sites excluding steroid dienone is 2. The van der Waals surface area contributed by atoms with E-state index in [1.54, 1.807) is 30.4 Å². The van der Waals surface area contributed by atoms with Crippen LogP contribution in [0.25, 0.3) is 0 Å². The molecule has 0 saturated heterocycles. The standard InChI is InChI=1S/C19H20Cl2N2O2S.HNO3/c1-26-18-5-3-2-4-17(18)24-14-25-19(21)8-6-15(16(20)12-19)7-10-23-11-9-22-13-23;2-1(3)4/h2-6,8-9,11-13,15H,7,10,14H2,1H3;(H,2,3,4). The lowest BCUT2D eigenvalue weighted by atomic mass is 9.98. The SMILES string of the molecule is CSc1ccccc1OCOC1(Cl)C=CC(CCn2ccnc2)C(Cl)=C1.O=[N+]([O-])O. The van der Waals surface area contributed by atoms with Gasteiger partial charge in [-0.2, -0.15) is 0 Å². The number of hydrogen-bond acceptors (Lipinski definition) is 6. The summed E-state index contributed by atoms with van der Waals surface area (Å²) in [5.41, 5.74) is 0. The lowest BCUT2D eigenvalue weighted by molar-refractivity contribution is -0.742. The summed E-state index contributed by atoms with van der Waals surface area (Å²) in [6, 6.07) is 7.80. The molecule has 0 saturated carbocycles. The number of aromatic nitrogens is 2. The van der Waals surface area contributed by atoms with Crippen LogP contribution in [-0.2, 0) is 11.3 Å². The topological polar surface area (TPSA) is 99.7 Å². The molecular weight excluding hydrogens is 453 g/mol. The van der Waals surface area contributed by atoms with E-state index >= 15 is 0 Å². The molecule has 0 bridgehead atoms. The maximum Gasteiger partial charge on any atom is 0.291 e. The molecule has 0 aliphatic heterocycles. The van der Waals surface area contributed by atoms with Gasteiger partial charge in [-0.1, -0.05) is 41.4 Å². The predicted octanol–water partition coefficient (Wildman–Crippen LogP) is 4.94. The van der Waals surface area contributed by atoms with Gasteiger partial charge in [-0.3, -0.25) is 0 Å². The third kappa shape index (κ3) is 7.91. The number of imidazole rings is 1. The molecule has 1 aromatic heterocycles. The Bertz CT molecular complexity index is 875. The van der Waals surface area contributed by atoms with Gasteiger partial charge in [0.2, 0.25) is 0 Å². The van der Waals surface area contributed by atoms with Gasteiger partial charge < -0.3 is 19.2 Å². The predicted molar refractivity (Wildman–Crippen MR) is 116 cm³/mol. The number of alkyl halides is 1. The second kappa shape index (κ2) is 11.8. The van der Waals surface area contributed by atoms with E-state index in [4.69, 9.17) is 48.0 Å². The lowest BCUT2D eigenvalue weighted by Crippen LogP contribution is -2.26. The highest BCUT2D eigenvalue weighted by Crippen LogP contribution is 2.35. The number of rotatable bonds is 8. The lowest BCUT2D eigenvalue weighted by Gasteiger charge is -2.27. The molecule has 0 fully saturated rings. The van der Waals surface area contributed by atoms with E-state index in [1.807, 2.05) is 53.4 Å². The van der Waals surface area contributed by atoms with Gasteiger partial charge in [-0.15, -0.1) is 21.9 Å². The van der Waals surface area contributed by atoms with Crippen LogP contribution in [-0.4, -0.2) is 38.0 Å². The molecule has 8 nitrogen and oxygen atoms in total. The largest absolute Gasteiger partial charge is 0.466 e. The third-order valence-electron chi connectivity index (χ3n) is 4.07. The van der Waals surface area contributed by atoms with Crippen molar-refractivity contribution in [3.63, 3.8) is 0 Å². The number of aryl methyl sites for hydroxylation is 1. The molecule has 162 valence electrons. The van der Waals surface area contributed by atoms with Gasteiger partial charge in [0, 0.05) is 34.8 Å². The van der Waals surface area contributed by atoms with E-state index in [-0.39, 0.29) is 12.7 Å². The molecule has 1 aliphatic rings. The van der Waals surface area contributed by atoms with Crippen LogP contribution in [0.3, 0.4) is 0 Å². The van der Waals surface area contributed by atoms with E-state index < -0.39 is 10.1 Å². The van der Waals surface area contributed by atoms with Crippen molar-refractivity contribution in [1.29, 1.82) is 0 Å². The summed E-state index contributed by atoms with van der Waals surface area (Å²) < 4.78 is 13.4. The number of para-hydroxylation sites is 1. The highest BCUT2D eigenvalue weighted by Gasteiger charge is 2.29. The number of hydrogen-bond donors (Lipinski definition) is 1. The van der Waals surface area contributed by atoms with Crippen LogP contribution >= 0.6 is 35.0 Å². The monoisotopic (exact) mass is 473 g/mol. The van der Waals surface area contributed by atoms with E-state index in [0.29, 0.717) is 5.03 Å². The first kappa shape index (κ1) is 24.1. The number of ether oxygens (including phenoxy) is 2. The normalized spacial score (nSPS) is 20.1. The fourth-order valence-corrected chi connectivity index (χ4v) is 3.81. The van der Waals surface area contributed by atoms with Gasteiger partial charge in [-0.05, 0) is 37.0 Å². The summed E-state index contributed by atoms with van der Waals surface area (Å²) in [5, 5.41) is 13.2. The Morgan fingerprint density at radius 1 is 1.43 bits per heavy atom. The van der Waals surface area contributed by atoms with Crippen LogP contribution in [0, 0.1) is 16.0 Å². The molecule has 1 N–H and O–H groups in total. The fraction of sp³-hybridized carbons (Fsp3) is 0.316. The van der Waals surface area contributed by atoms with Crippen LogP contribution in [0.15, 0.2) is 71.1 Å². The van der Waals surface area contributed by atoms with Crippen molar-refractivity contribution < 1.29 is 19.8 Å². The van der Waals surface area contributed by atoms with Gasteiger partial charge in [-0.25, -0.2) is 4.98 Å². The Balaban J connectivity index is 0.000000735. The van der Waals surface area contributed by atoms with Gasteiger partial charge >= 0.3 is 0 Å². The van der Waals surface area contributed by atoms with Crippen LogP contribution < -0.4 is 4.74 Å². The summed E-state index contributed by atoms with van der Waals surface area (Å²) in [5.74, 6) is 0.890. The Hall–Kier alpha value is -2.20. The Kier molecular flexibility index (Phi) is 9.51. The molecule has 2 atom stereocenters. The number of nitrogens with zero attached hydrogens (tertiary/aromatic N) is 3. The second-order valence-corrected chi connectivity index (χ2v) is 7.95. The minimum absolute atomic E-state index is 0.0335. The zero-order valence-corrected chi connectivity index (χ0v) is 18.4. The van der Waals surface area contributed by atoms with Crippen molar-refractivity contribution in [3.8, 4) is 5.75 Å². The third-order valence-corrected chi connectivity index (χ3v) is 5.58. The molecule has 1 aromatic carbocycles. The van der Waals surface area contributed by atoms with Crippen LogP contribution in [0.4, 0.5) is 0 Å². The molecule has 1 heterocycles. The molecule has 1 aliphatic carbocycles. The first-order valence-corrected chi connectivity index (χ1v) is 10.8. The molecule has 11 heteroatoms. The van der Waals surface area contributed by atoms with Crippen LogP contribution in [0.5, 0.6) is 5.75 Å². The summed E-state index contributed by atoms with van der Waals surface area (Å²) in [6.45, 7) is 0.871. The zero-order valence-electron chi connectivity index (χ0n) is 16.1. The van der Waals surface area contributed by atoms with Crippen molar-refractivity contribution in [1.82, 2.24) is 9.55 Å². The number of halogens is 2. The Labute approximate surface area is 188 Å². The van der Waals surface area contributed by atoms with Crippen molar-refractivity contribution in [2.45, 2.75) is 22.9 Å². The van der Waals surface area contributed by atoms with Gasteiger partial charge in [0.15, 0.2) is 11.9 Å². The molecule has 3 rings (SSSR count). The molecule has 2 aromatic rings. The Morgan fingerprint density at radius 3 is 2.80 bits per heavy atom. The van der Waals surface area contributed by atoms with Crippen molar-refractivity contribution in [2.75, 3.05) is 13.0 Å². The zero-order chi connectivity index (χ0) is 22.0. The molecular formula is C19H21Cl2N3O5S. The summed E-state index contributed by atoms with van der Waals surface area (Å²) in [4.78, 5) is 13.4. The highest BCUT2D eigenvalue weighted by molar-refractivity contribution is 7.98. The van der Waals surface area contributed by atoms with E-state index in [0.717, 1.165) is 23.6 Å². The Morgan fingerprint density at radius 2 is 2.17 bits per heavy atom. The second-order valence-electron chi connectivity index (χ2n) is 6.08. The fourth-order valence-electron chi connectivity index (χ4n) is 2.63. The quantitative estimate of drug-likeness (QED) is 0.144. The molecule has 0 radical (unpaired) electrons. The van der Waals surface area contributed by atoms with E-state index in [2.05, 4.69) is 4.98 Å². The van der Waals surface area contributed by atoms with Crippen molar-refractivity contribution >= 4 is 35.0 Å². The average Bonchev–Trinajstić information content (AvgIpc) is 3.21. The van der Waals surface area contributed by atoms with Gasteiger partial charge in [0.1, 0.15) is 5.75 Å². The van der Waals surface area contributed by atoms with Crippen LogP contribution in [0.2, 0.25) is 0 Å². The summed E-state index contributed by atoms with van der Waals surface area (Å²) >= 11 is 14.6. The molecule has 30 heavy (non-hydrogen) atoms. The first-order chi connectivity index (χ1) is 14.3. The average molecular weight is 474 g/mol. The van der Waals surface area contributed by atoms with Gasteiger partial charge in [0.05, 0.1) is 6.33 Å². The number of benzene rings is 1. The molecule has 2 unspecified atom stereocenters. The van der Waals surface area contributed by atoms with Gasteiger partial charge in [0.25, 0.3) is 5.09 Å². The summed E-state index contributed by atoms with van der Waals surface area (Å²) in [6.07, 6.45) is 13.9. The summed E-state index contributed by atoms with van der Waals surface area (Å²) in [7, 11) is 0.